The molecule has 0 aliphatic carbocycles. The zero-order chi connectivity index (χ0) is 14.6. The van der Waals surface area contributed by atoms with Gasteiger partial charge in [-0.1, -0.05) is 0 Å². The fourth-order valence-corrected chi connectivity index (χ4v) is 1.27. The number of furan rings is 1. The average Bonchev–Trinajstić information content (AvgIpc) is 2.74. The number of methoxy groups -OCH3 is 1. The first-order valence-corrected chi connectivity index (χ1v) is 5.83. The van der Waals surface area contributed by atoms with Crippen LogP contribution >= 0.6 is 0 Å². The van der Waals surface area contributed by atoms with Crippen molar-refractivity contribution in [2.75, 3.05) is 7.11 Å². The summed E-state index contributed by atoms with van der Waals surface area (Å²) in [5, 5.41) is 0. The van der Waals surface area contributed by atoms with Gasteiger partial charge in [-0.05, 0) is 45.9 Å². The predicted octanol–water partition coefficient (Wildman–Crippen LogP) is 2.81. The molecule has 0 aliphatic heterocycles. The van der Waals surface area contributed by atoms with Gasteiger partial charge in [0.1, 0.15) is 11.4 Å². The number of carbonyl (C=O) groups excluding carboxylic acids is 2. The van der Waals surface area contributed by atoms with E-state index in [4.69, 9.17) is 9.15 Å². The minimum Gasteiger partial charge on any atom is -0.463 e. The first kappa shape index (κ1) is 15.0. The van der Waals surface area contributed by atoms with Crippen molar-refractivity contribution in [3.8, 4) is 0 Å². The summed E-state index contributed by atoms with van der Waals surface area (Å²) >= 11 is 0. The second-order valence-corrected chi connectivity index (χ2v) is 5.02. The second kappa shape index (κ2) is 5.73. The van der Waals surface area contributed by atoms with Crippen molar-refractivity contribution in [2.24, 2.45) is 0 Å². The van der Waals surface area contributed by atoms with Crippen LogP contribution in [0.15, 0.2) is 22.1 Å². The number of hydrogen-bond acceptors (Lipinski definition) is 5. The van der Waals surface area contributed by atoms with Gasteiger partial charge in [-0.25, -0.2) is 9.59 Å². The lowest BCUT2D eigenvalue weighted by atomic mass is 10.2. The molecule has 1 heterocycles. The molecule has 0 bridgehead atoms. The van der Waals surface area contributed by atoms with Gasteiger partial charge in [-0.15, -0.1) is 0 Å². The van der Waals surface area contributed by atoms with Crippen LogP contribution in [0.2, 0.25) is 0 Å². The summed E-state index contributed by atoms with van der Waals surface area (Å²) in [7, 11) is 1.27. The van der Waals surface area contributed by atoms with Crippen molar-refractivity contribution >= 4 is 18.0 Å². The van der Waals surface area contributed by atoms with Gasteiger partial charge in [0.05, 0.1) is 7.11 Å². The molecule has 1 rings (SSSR count). The van der Waals surface area contributed by atoms with E-state index in [1.165, 1.54) is 19.3 Å². The molecular formula is C14H18O5. The normalized spacial score (nSPS) is 12.2. The number of carbonyl (C=O) groups is 2. The van der Waals surface area contributed by atoms with E-state index in [9.17, 15) is 9.59 Å². The largest absolute Gasteiger partial charge is 0.463 e. The molecule has 0 fully saturated rings. The molecule has 0 N–H and O–H groups in total. The first-order chi connectivity index (χ1) is 8.73. The van der Waals surface area contributed by atoms with Gasteiger partial charge in [-0.3, -0.25) is 0 Å². The second-order valence-electron chi connectivity index (χ2n) is 5.02. The van der Waals surface area contributed by atoms with Crippen LogP contribution in [0.5, 0.6) is 0 Å². The van der Waals surface area contributed by atoms with E-state index in [1.807, 2.05) is 0 Å². The zero-order valence-electron chi connectivity index (χ0n) is 11.8. The van der Waals surface area contributed by atoms with Gasteiger partial charge in [-0.2, -0.15) is 0 Å². The molecule has 0 unspecified atom stereocenters. The summed E-state index contributed by atoms with van der Waals surface area (Å²) in [5.41, 5.74) is -0.160. The van der Waals surface area contributed by atoms with Crippen LogP contribution in [-0.4, -0.2) is 24.6 Å². The van der Waals surface area contributed by atoms with Crippen molar-refractivity contribution < 1.29 is 23.5 Å². The third kappa shape index (κ3) is 4.62. The van der Waals surface area contributed by atoms with Crippen molar-refractivity contribution in [3.05, 3.63) is 29.2 Å². The van der Waals surface area contributed by atoms with Crippen LogP contribution in [0.4, 0.5) is 0 Å². The van der Waals surface area contributed by atoms with Gasteiger partial charge in [0.15, 0.2) is 0 Å². The summed E-state index contributed by atoms with van der Waals surface area (Å²) < 4.78 is 15.0. The first-order valence-electron chi connectivity index (χ1n) is 5.83. The van der Waals surface area contributed by atoms with Crippen molar-refractivity contribution in [1.29, 1.82) is 0 Å². The molecule has 1 aromatic heterocycles. The van der Waals surface area contributed by atoms with Crippen LogP contribution in [-0.2, 0) is 14.3 Å². The molecule has 0 atom stereocenters. The van der Waals surface area contributed by atoms with Gasteiger partial charge in [0.2, 0.25) is 5.76 Å². The number of rotatable bonds is 3. The summed E-state index contributed by atoms with van der Waals surface area (Å²) in [6.45, 7) is 7.00. The Hall–Kier alpha value is -2.04. The SMILES string of the molecule is COC(=O)c1ccc(/C=C(/C)C(=O)OC(C)(C)C)o1. The van der Waals surface area contributed by atoms with Crippen molar-refractivity contribution in [2.45, 2.75) is 33.3 Å². The lowest BCUT2D eigenvalue weighted by Crippen LogP contribution is -2.24. The maximum atomic E-state index is 11.7. The highest BCUT2D eigenvalue weighted by Crippen LogP contribution is 2.16. The third-order valence-corrected chi connectivity index (χ3v) is 2.09. The molecule has 0 saturated carbocycles. The monoisotopic (exact) mass is 266 g/mol. The Labute approximate surface area is 112 Å². The van der Waals surface area contributed by atoms with Gasteiger partial charge >= 0.3 is 11.9 Å². The Morgan fingerprint density at radius 3 is 2.42 bits per heavy atom. The third-order valence-electron chi connectivity index (χ3n) is 2.09. The molecule has 0 saturated heterocycles. The molecular weight excluding hydrogens is 248 g/mol. The van der Waals surface area contributed by atoms with E-state index in [0.717, 1.165) is 0 Å². The van der Waals surface area contributed by atoms with Crippen LogP contribution in [0.1, 0.15) is 44.0 Å². The van der Waals surface area contributed by atoms with Gasteiger partial charge < -0.3 is 13.9 Å². The van der Waals surface area contributed by atoms with E-state index in [1.54, 1.807) is 33.8 Å². The van der Waals surface area contributed by atoms with Crippen molar-refractivity contribution in [3.63, 3.8) is 0 Å². The van der Waals surface area contributed by atoms with Crippen LogP contribution in [0.3, 0.4) is 0 Å². The zero-order valence-corrected chi connectivity index (χ0v) is 11.8. The molecule has 0 amide bonds. The average molecular weight is 266 g/mol. The predicted molar refractivity (Wildman–Crippen MR) is 69.5 cm³/mol. The summed E-state index contributed by atoms with van der Waals surface area (Å²) in [5.74, 6) is -0.507. The van der Waals surface area contributed by atoms with Crippen LogP contribution in [0.25, 0.3) is 6.08 Å². The van der Waals surface area contributed by atoms with Gasteiger partial charge in [0.25, 0.3) is 0 Å². The smallest absolute Gasteiger partial charge is 0.373 e. The molecule has 5 heteroatoms. The maximum Gasteiger partial charge on any atom is 0.373 e. The van der Waals surface area contributed by atoms with E-state index >= 15 is 0 Å². The summed E-state index contributed by atoms with van der Waals surface area (Å²) in [6.07, 6.45) is 1.51. The molecule has 104 valence electrons. The Morgan fingerprint density at radius 1 is 1.26 bits per heavy atom. The standard InChI is InChI=1S/C14H18O5/c1-9(12(15)19-14(2,3)4)8-10-6-7-11(18-10)13(16)17-5/h6-8H,1-5H3/b9-8-. The molecule has 19 heavy (non-hydrogen) atoms. The quantitative estimate of drug-likeness (QED) is 0.621. The lowest BCUT2D eigenvalue weighted by molar-refractivity contribution is -0.149. The fraction of sp³-hybridized carbons (Fsp3) is 0.429. The molecule has 1 aromatic rings. The highest BCUT2D eigenvalue weighted by molar-refractivity contribution is 5.93. The Balaban J connectivity index is 2.82. The van der Waals surface area contributed by atoms with E-state index in [-0.39, 0.29) is 5.76 Å². The number of esters is 2. The van der Waals surface area contributed by atoms with Crippen LogP contribution < -0.4 is 0 Å². The summed E-state index contributed by atoms with van der Waals surface area (Å²) in [4.78, 5) is 22.9. The van der Waals surface area contributed by atoms with Crippen LogP contribution in [0, 0.1) is 0 Å². The fourth-order valence-electron chi connectivity index (χ4n) is 1.27. The highest BCUT2D eigenvalue weighted by atomic mass is 16.6. The Kier molecular flexibility index (Phi) is 4.53. The lowest BCUT2D eigenvalue weighted by Gasteiger charge is -2.19. The molecule has 0 aromatic carbocycles. The molecule has 0 radical (unpaired) electrons. The Morgan fingerprint density at radius 2 is 1.89 bits per heavy atom. The minimum atomic E-state index is -0.561. The topological polar surface area (TPSA) is 65.7 Å². The van der Waals surface area contributed by atoms with E-state index in [2.05, 4.69) is 4.74 Å². The number of hydrogen-bond donors (Lipinski definition) is 0. The molecule has 0 aliphatic rings. The van der Waals surface area contributed by atoms with E-state index < -0.39 is 17.5 Å². The maximum absolute atomic E-state index is 11.7. The summed E-state index contributed by atoms with van der Waals surface area (Å²) in [6, 6.07) is 3.07. The molecule has 5 nitrogen and oxygen atoms in total. The minimum absolute atomic E-state index is 0.0886. The number of ether oxygens (including phenoxy) is 2. The van der Waals surface area contributed by atoms with Gasteiger partial charge in [0, 0.05) is 5.57 Å². The Bertz CT molecular complexity index is 502. The highest BCUT2D eigenvalue weighted by Gasteiger charge is 2.18. The van der Waals surface area contributed by atoms with Crippen molar-refractivity contribution in [1.82, 2.24) is 0 Å². The molecule has 0 spiro atoms. The van der Waals surface area contributed by atoms with E-state index in [0.29, 0.717) is 11.3 Å².